The first-order valence-electron chi connectivity index (χ1n) is 7.64. The van der Waals surface area contributed by atoms with Gasteiger partial charge in [-0.2, -0.15) is 4.98 Å². The van der Waals surface area contributed by atoms with Gasteiger partial charge in [0, 0.05) is 10.0 Å². The van der Waals surface area contributed by atoms with E-state index in [1.165, 1.54) is 0 Å². The smallest absolute Gasteiger partial charge is 0.293 e. The topological polar surface area (TPSA) is 61.3 Å². The summed E-state index contributed by atoms with van der Waals surface area (Å²) in [7, 11) is 0. The number of halogens is 1. The summed E-state index contributed by atoms with van der Waals surface area (Å²) in [5.41, 5.74) is 0.892. The van der Waals surface area contributed by atoms with E-state index in [2.05, 4.69) is 26.1 Å². The Morgan fingerprint density at radius 3 is 2.52 bits per heavy atom. The largest absolute Gasteiger partial charge is 0.486 e. The zero-order valence-corrected chi connectivity index (χ0v) is 14.6. The van der Waals surface area contributed by atoms with Crippen LogP contribution in [0.2, 0.25) is 0 Å². The summed E-state index contributed by atoms with van der Waals surface area (Å²) in [4.78, 5) is 4.37. The van der Waals surface area contributed by atoms with Crippen molar-refractivity contribution in [2.75, 3.05) is 0 Å². The highest BCUT2D eigenvalue weighted by Gasteiger charge is 2.14. The lowest BCUT2D eigenvalue weighted by Crippen LogP contribution is -1.93. The molecule has 2 aromatic carbocycles. The van der Waals surface area contributed by atoms with Crippen molar-refractivity contribution in [3.8, 4) is 28.8 Å². The minimum absolute atomic E-state index is 0.321. The summed E-state index contributed by atoms with van der Waals surface area (Å²) in [6.45, 7) is 0.321. The van der Waals surface area contributed by atoms with Gasteiger partial charge < -0.3 is 13.7 Å². The quantitative estimate of drug-likeness (QED) is 0.455. The third-order valence-electron chi connectivity index (χ3n) is 3.53. The molecule has 2 heterocycles. The Kier molecular flexibility index (Phi) is 4.35. The normalized spacial score (nSPS) is 10.8. The molecule has 0 aliphatic heterocycles. The Balaban J connectivity index is 1.46. The number of hydrogen-bond acceptors (Lipinski definition) is 5. The van der Waals surface area contributed by atoms with E-state index in [1.54, 1.807) is 6.07 Å². The summed E-state index contributed by atoms with van der Waals surface area (Å²) >= 11 is 3.39. The highest BCUT2D eigenvalue weighted by atomic mass is 79.9. The maximum Gasteiger partial charge on any atom is 0.293 e. The first-order chi connectivity index (χ1) is 12.3. The monoisotopic (exact) mass is 396 g/mol. The predicted molar refractivity (Wildman–Crippen MR) is 95.9 cm³/mol. The average Bonchev–Trinajstić information content (AvgIpc) is 3.31. The van der Waals surface area contributed by atoms with E-state index in [0.29, 0.717) is 29.8 Å². The molecule has 0 saturated heterocycles. The molecule has 0 saturated carbocycles. The predicted octanol–water partition coefficient (Wildman–Crippen LogP) is 5.34. The molecule has 5 nitrogen and oxygen atoms in total. The second-order valence-corrected chi connectivity index (χ2v) is 6.21. The molecule has 0 bridgehead atoms. The molecule has 4 rings (SSSR count). The average molecular weight is 397 g/mol. The van der Waals surface area contributed by atoms with E-state index in [9.17, 15) is 0 Å². The SMILES string of the molecule is Brc1ccc(OCc2ccc(-c3nc(-c4ccccc4)no3)o2)cc1. The van der Waals surface area contributed by atoms with Crippen LogP contribution in [0.3, 0.4) is 0 Å². The Labute approximate surface area is 152 Å². The number of benzene rings is 2. The summed E-state index contributed by atoms with van der Waals surface area (Å²) in [6.07, 6.45) is 0. The van der Waals surface area contributed by atoms with Crippen molar-refractivity contribution in [2.45, 2.75) is 6.61 Å². The van der Waals surface area contributed by atoms with Crippen molar-refractivity contribution in [3.05, 3.63) is 77.0 Å². The van der Waals surface area contributed by atoms with Crippen LogP contribution in [0, 0.1) is 0 Å². The number of hydrogen-bond donors (Lipinski definition) is 0. The van der Waals surface area contributed by atoms with Crippen LogP contribution in [-0.4, -0.2) is 10.1 Å². The molecule has 25 heavy (non-hydrogen) atoms. The van der Waals surface area contributed by atoms with Crippen molar-refractivity contribution < 1.29 is 13.7 Å². The fourth-order valence-corrected chi connectivity index (χ4v) is 2.55. The molecular formula is C19H13BrN2O3. The van der Waals surface area contributed by atoms with E-state index in [4.69, 9.17) is 13.7 Å². The van der Waals surface area contributed by atoms with E-state index >= 15 is 0 Å². The van der Waals surface area contributed by atoms with Crippen LogP contribution in [0.15, 0.2) is 80.1 Å². The number of rotatable bonds is 5. The minimum Gasteiger partial charge on any atom is -0.486 e. The van der Waals surface area contributed by atoms with Crippen molar-refractivity contribution in [1.29, 1.82) is 0 Å². The first kappa shape index (κ1) is 15.7. The maximum atomic E-state index is 5.73. The summed E-state index contributed by atoms with van der Waals surface area (Å²) in [5, 5.41) is 3.99. The first-order valence-corrected chi connectivity index (χ1v) is 8.44. The van der Waals surface area contributed by atoms with Gasteiger partial charge in [-0.05, 0) is 36.4 Å². The molecule has 0 atom stereocenters. The number of ether oxygens (including phenoxy) is 1. The van der Waals surface area contributed by atoms with Gasteiger partial charge in [0.25, 0.3) is 5.89 Å². The van der Waals surface area contributed by atoms with Gasteiger partial charge in [-0.15, -0.1) is 0 Å². The molecule has 4 aromatic rings. The van der Waals surface area contributed by atoms with Gasteiger partial charge in [0.2, 0.25) is 5.82 Å². The van der Waals surface area contributed by atoms with Crippen molar-refractivity contribution in [2.24, 2.45) is 0 Å². The highest BCUT2D eigenvalue weighted by molar-refractivity contribution is 9.10. The van der Waals surface area contributed by atoms with Crippen molar-refractivity contribution >= 4 is 15.9 Å². The lowest BCUT2D eigenvalue weighted by atomic mass is 10.2. The van der Waals surface area contributed by atoms with Gasteiger partial charge in [0.15, 0.2) is 5.76 Å². The van der Waals surface area contributed by atoms with E-state index in [-0.39, 0.29) is 0 Å². The standard InChI is InChI=1S/C19H13BrN2O3/c20-14-6-8-15(9-7-14)23-12-16-10-11-17(24-16)19-21-18(22-25-19)13-4-2-1-3-5-13/h1-11H,12H2. The molecule has 0 unspecified atom stereocenters. The molecule has 0 aliphatic carbocycles. The molecule has 0 N–H and O–H groups in total. The molecule has 0 fully saturated rings. The van der Waals surface area contributed by atoms with E-state index in [1.807, 2.05) is 60.7 Å². The lowest BCUT2D eigenvalue weighted by molar-refractivity contribution is 0.270. The second-order valence-electron chi connectivity index (χ2n) is 5.30. The maximum absolute atomic E-state index is 5.73. The Morgan fingerprint density at radius 1 is 0.920 bits per heavy atom. The third kappa shape index (κ3) is 3.64. The second kappa shape index (κ2) is 6.94. The van der Waals surface area contributed by atoms with Crippen molar-refractivity contribution in [1.82, 2.24) is 10.1 Å². The molecule has 0 spiro atoms. The van der Waals surface area contributed by atoms with Crippen LogP contribution >= 0.6 is 15.9 Å². The van der Waals surface area contributed by atoms with E-state index in [0.717, 1.165) is 15.8 Å². The van der Waals surface area contributed by atoms with Crippen LogP contribution in [0.1, 0.15) is 5.76 Å². The highest BCUT2D eigenvalue weighted by Crippen LogP contribution is 2.25. The van der Waals surface area contributed by atoms with E-state index < -0.39 is 0 Å². The molecule has 2 aromatic heterocycles. The van der Waals surface area contributed by atoms with Crippen LogP contribution in [0.5, 0.6) is 5.75 Å². The summed E-state index contributed by atoms with van der Waals surface area (Å²) in [5.74, 6) is 2.83. The molecule has 6 heteroatoms. The zero-order valence-electron chi connectivity index (χ0n) is 13.1. The van der Waals surface area contributed by atoms with Gasteiger partial charge in [-0.1, -0.05) is 51.4 Å². The van der Waals surface area contributed by atoms with Crippen LogP contribution < -0.4 is 4.74 Å². The zero-order chi connectivity index (χ0) is 17.1. The van der Waals surface area contributed by atoms with Gasteiger partial charge in [-0.3, -0.25) is 0 Å². The number of aromatic nitrogens is 2. The van der Waals surface area contributed by atoms with Gasteiger partial charge >= 0.3 is 0 Å². The molecule has 0 radical (unpaired) electrons. The van der Waals surface area contributed by atoms with Crippen molar-refractivity contribution in [3.63, 3.8) is 0 Å². The summed E-state index contributed by atoms with van der Waals surface area (Å²) < 4.78 is 17.7. The Morgan fingerprint density at radius 2 is 1.72 bits per heavy atom. The van der Waals surface area contributed by atoms with Gasteiger partial charge in [0.05, 0.1) is 0 Å². The molecular weight excluding hydrogens is 384 g/mol. The minimum atomic E-state index is 0.321. The summed E-state index contributed by atoms with van der Waals surface area (Å²) in [6, 6.07) is 20.9. The lowest BCUT2D eigenvalue weighted by Gasteiger charge is -2.03. The fourth-order valence-electron chi connectivity index (χ4n) is 2.28. The van der Waals surface area contributed by atoms with Gasteiger partial charge in [0.1, 0.15) is 18.1 Å². The number of furan rings is 1. The fraction of sp³-hybridized carbons (Fsp3) is 0.0526. The molecule has 0 aliphatic rings. The molecule has 124 valence electrons. The Hall–Kier alpha value is -2.86. The van der Waals surface area contributed by atoms with Crippen LogP contribution in [0.25, 0.3) is 23.0 Å². The van der Waals surface area contributed by atoms with Crippen LogP contribution in [-0.2, 0) is 6.61 Å². The van der Waals surface area contributed by atoms with Crippen LogP contribution in [0.4, 0.5) is 0 Å². The van der Waals surface area contributed by atoms with Gasteiger partial charge in [-0.25, -0.2) is 0 Å². The molecule has 0 amide bonds. The third-order valence-corrected chi connectivity index (χ3v) is 4.05. The Bertz CT molecular complexity index is 962. The number of nitrogens with zero attached hydrogens (tertiary/aromatic N) is 2.